The number of hydrogen-bond donors (Lipinski definition) is 1. The second-order valence-electron chi connectivity index (χ2n) is 7.04. The summed E-state index contributed by atoms with van der Waals surface area (Å²) in [4.78, 5) is 12.2. The zero-order valence-electron chi connectivity index (χ0n) is 15.0. The quantitative estimate of drug-likeness (QED) is 0.739. The molecular weight excluding hydrogens is 314 g/mol. The summed E-state index contributed by atoms with van der Waals surface area (Å²) in [6, 6.07) is 14.5. The van der Waals surface area contributed by atoms with Crippen LogP contribution in [0.15, 0.2) is 42.5 Å². The lowest BCUT2D eigenvalue weighted by Crippen LogP contribution is -2.40. The molecule has 1 N–H and O–H groups in total. The number of rotatable bonds is 8. The van der Waals surface area contributed by atoms with Gasteiger partial charge in [0.15, 0.2) is 0 Å². The van der Waals surface area contributed by atoms with Crippen LogP contribution in [0.5, 0.6) is 5.75 Å². The Kier molecular flexibility index (Phi) is 5.92. The fourth-order valence-corrected chi connectivity index (χ4v) is 2.91. The summed E-state index contributed by atoms with van der Waals surface area (Å²) in [7, 11) is 0. The van der Waals surface area contributed by atoms with E-state index in [9.17, 15) is 4.79 Å². The van der Waals surface area contributed by atoms with Gasteiger partial charge in [0.05, 0.1) is 5.92 Å². The van der Waals surface area contributed by atoms with E-state index in [0.717, 1.165) is 35.8 Å². The van der Waals surface area contributed by atoms with Gasteiger partial charge in [-0.2, -0.15) is 0 Å². The second kappa shape index (κ2) is 8.34. The Hall–Kier alpha value is -2.07. The maximum absolute atomic E-state index is 12.2. The van der Waals surface area contributed by atoms with Crippen molar-refractivity contribution in [2.24, 2.45) is 5.92 Å². The molecule has 0 aliphatic heterocycles. The minimum absolute atomic E-state index is 0.0803. The molecule has 25 heavy (non-hydrogen) atoms. The van der Waals surface area contributed by atoms with E-state index in [1.54, 1.807) is 0 Å². The number of ether oxygens (including phenoxy) is 2. The van der Waals surface area contributed by atoms with Gasteiger partial charge in [-0.15, -0.1) is 0 Å². The monoisotopic (exact) mass is 341 g/mol. The zero-order chi connectivity index (χ0) is 17.6. The third-order valence-corrected chi connectivity index (χ3v) is 4.65. The van der Waals surface area contributed by atoms with E-state index in [4.69, 9.17) is 9.47 Å². The Morgan fingerprint density at radius 3 is 2.64 bits per heavy atom. The van der Waals surface area contributed by atoms with Crippen LogP contribution in [0.1, 0.15) is 33.1 Å². The van der Waals surface area contributed by atoms with Crippen molar-refractivity contribution in [3.05, 3.63) is 42.5 Å². The van der Waals surface area contributed by atoms with Crippen molar-refractivity contribution in [1.29, 1.82) is 0 Å². The SMILES string of the molecule is CC(C)NCC(COc1cccc2ccccc12)OC(=O)C1CCC1. The van der Waals surface area contributed by atoms with Gasteiger partial charge in [-0.1, -0.05) is 56.7 Å². The number of esters is 1. The molecule has 4 nitrogen and oxygen atoms in total. The number of benzene rings is 2. The molecule has 0 heterocycles. The first-order valence-electron chi connectivity index (χ1n) is 9.18. The molecule has 0 aromatic heterocycles. The predicted octanol–water partition coefficient (Wildman–Crippen LogP) is 3.93. The summed E-state index contributed by atoms with van der Waals surface area (Å²) >= 11 is 0. The summed E-state index contributed by atoms with van der Waals surface area (Å²) in [5.74, 6) is 0.828. The van der Waals surface area contributed by atoms with Crippen LogP contribution in [-0.4, -0.2) is 31.3 Å². The van der Waals surface area contributed by atoms with Crippen molar-refractivity contribution >= 4 is 16.7 Å². The molecule has 3 rings (SSSR count). The molecule has 1 atom stereocenters. The van der Waals surface area contributed by atoms with Crippen molar-refractivity contribution in [3.63, 3.8) is 0 Å². The number of nitrogens with one attached hydrogen (secondary N) is 1. The molecule has 1 aliphatic carbocycles. The lowest BCUT2D eigenvalue weighted by Gasteiger charge is -2.27. The normalized spacial score (nSPS) is 15.8. The first-order valence-corrected chi connectivity index (χ1v) is 9.18. The van der Waals surface area contributed by atoms with Crippen LogP contribution in [0.3, 0.4) is 0 Å². The van der Waals surface area contributed by atoms with Crippen LogP contribution in [0.4, 0.5) is 0 Å². The minimum atomic E-state index is -0.283. The van der Waals surface area contributed by atoms with Crippen LogP contribution in [-0.2, 0) is 9.53 Å². The Morgan fingerprint density at radius 1 is 1.16 bits per heavy atom. The minimum Gasteiger partial charge on any atom is -0.489 e. The zero-order valence-corrected chi connectivity index (χ0v) is 15.0. The Labute approximate surface area is 149 Å². The van der Waals surface area contributed by atoms with Gasteiger partial charge in [-0.25, -0.2) is 0 Å². The molecule has 0 radical (unpaired) electrons. The summed E-state index contributed by atoms with van der Waals surface area (Å²) in [5.41, 5.74) is 0. The highest BCUT2D eigenvalue weighted by molar-refractivity contribution is 5.88. The smallest absolute Gasteiger partial charge is 0.309 e. The molecule has 0 bridgehead atoms. The van der Waals surface area contributed by atoms with Gasteiger partial charge in [0.1, 0.15) is 18.5 Å². The van der Waals surface area contributed by atoms with Crippen molar-refractivity contribution in [1.82, 2.24) is 5.32 Å². The molecule has 1 unspecified atom stereocenters. The van der Waals surface area contributed by atoms with Gasteiger partial charge >= 0.3 is 5.97 Å². The van der Waals surface area contributed by atoms with Gasteiger partial charge in [0, 0.05) is 18.0 Å². The summed E-state index contributed by atoms with van der Waals surface area (Å²) in [6.45, 7) is 5.11. The molecule has 2 aromatic rings. The third kappa shape index (κ3) is 4.73. The molecule has 1 aliphatic rings. The summed E-state index contributed by atoms with van der Waals surface area (Å²) < 4.78 is 11.7. The molecule has 0 amide bonds. The average molecular weight is 341 g/mol. The fraction of sp³-hybridized carbons (Fsp3) is 0.476. The number of hydrogen-bond acceptors (Lipinski definition) is 4. The lowest BCUT2D eigenvalue weighted by molar-refractivity contribution is -0.158. The van der Waals surface area contributed by atoms with E-state index in [1.807, 2.05) is 30.3 Å². The number of carbonyl (C=O) groups is 1. The van der Waals surface area contributed by atoms with Crippen LogP contribution in [0.2, 0.25) is 0 Å². The largest absolute Gasteiger partial charge is 0.489 e. The summed E-state index contributed by atoms with van der Waals surface area (Å²) in [6.07, 6.45) is 2.75. The van der Waals surface area contributed by atoms with E-state index in [-0.39, 0.29) is 18.0 Å². The molecule has 4 heteroatoms. The van der Waals surface area contributed by atoms with E-state index in [1.165, 1.54) is 0 Å². The molecule has 0 saturated heterocycles. The molecule has 1 fully saturated rings. The van der Waals surface area contributed by atoms with E-state index < -0.39 is 0 Å². The highest BCUT2D eigenvalue weighted by Crippen LogP contribution is 2.28. The second-order valence-corrected chi connectivity index (χ2v) is 7.04. The standard InChI is InChI=1S/C21H27NO3/c1-15(2)22-13-18(25-21(23)17-9-5-10-17)14-24-20-12-6-8-16-7-3-4-11-19(16)20/h3-4,6-8,11-12,15,17-18,22H,5,9-10,13-14H2,1-2H3. The summed E-state index contributed by atoms with van der Waals surface area (Å²) in [5, 5.41) is 5.56. The van der Waals surface area contributed by atoms with Crippen LogP contribution >= 0.6 is 0 Å². The maximum atomic E-state index is 12.2. The van der Waals surface area contributed by atoms with Gasteiger partial charge in [0.2, 0.25) is 0 Å². The molecule has 1 saturated carbocycles. The van der Waals surface area contributed by atoms with Gasteiger partial charge < -0.3 is 14.8 Å². The third-order valence-electron chi connectivity index (χ3n) is 4.65. The Bertz CT molecular complexity index is 704. The lowest BCUT2D eigenvalue weighted by atomic mass is 9.86. The van der Waals surface area contributed by atoms with E-state index >= 15 is 0 Å². The Morgan fingerprint density at radius 2 is 1.92 bits per heavy atom. The van der Waals surface area contributed by atoms with Crippen molar-refractivity contribution in [2.75, 3.05) is 13.2 Å². The Balaban J connectivity index is 1.64. The van der Waals surface area contributed by atoms with Crippen molar-refractivity contribution in [2.45, 2.75) is 45.3 Å². The first kappa shape index (κ1) is 17.7. The predicted molar refractivity (Wildman–Crippen MR) is 99.8 cm³/mol. The van der Waals surface area contributed by atoms with Crippen molar-refractivity contribution < 1.29 is 14.3 Å². The van der Waals surface area contributed by atoms with E-state index in [0.29, 0.717) is 19.2 Å². The first-order chi connectivity index (χ1) is 12.1. The van der Waals surface area contributed by atoms with Crippen molar-refractivity contribution in [3.8, 4) is 5.75 Å². The van der Waals surface area contributed by atoms with Gasteiger partial charge in [-0.3, -0.25) is 4.79 Å². The number of fused-ring (bicyclic) bond motifs is 1. The van der Waals surface area contributed by atoms with Gasteiger partial charge in [-0.05, 0) is 24.3 Å². The molecule has 134 valence electrons. The maximum Gasteiger partial charge on any atom is 0.309 e. The molecule has 0 spiro atoms. The van der Waals surface area contributed by atoms with Gasteiger partial charge in [0.25, 0.3) is 0 Å². The topological polar surface area (TPSA) is 47.6 Å². The fourth-order valence-electron chi connectivity index (χ4n) is 2.91. The van der Waals surface area contributed by atoms with Crippen LogP contribution in [0, 0.1) is 5.92 Å². The highest BCUT2D eigenvalue weighted by atomic mass is 16.6. The average Bonchev–Trinajstić information content (AvgIpc) is 2.55. The van der Waals surface area contributed by atoms with Crippen LogP contribution in [0.25, 0.3) is 10.8 Å². The van der Waals surface area contributed by atoms with E-state index in [2.05, 4.69) is 31.3 Å². The molecule has 2 aromatic carbocycles. The van der Waals surface area contributed by atoms with Crippen LogP contribution < -0.4 is 10.1 Å². The highest BCUT2D eigenvalue weighted by Gasteiger charge is 2.29. The molecular formula is C21H27NO3. The number of carbonyl (C=O) groups excluding carboxylic acids is 1.